The van der Waals surface area contributed by atoms with Gasteiger partial charge in [-0.05, 0) is 67.1 Å². The molecular formula is C23H22N2O5. The van der Waals surface area contributed by atoms with Gasteiger partial charge in [0.05, 0.1) is 7.11 Å². The number of carbonyl (C=O) groups is 2. The van der Waals surface area contributed by atoms with Crippen LogP contribution in [0.15, 0.2) is 66.7 Å². The van der Waals surface area contributed by atoms with E-state index in [-0.39, 0.29) is 12.5 Å². The molecule has 0 aliphatic rings. The van der Waals surface area contributed by atoms with Crippen LogP contribution in [0.2, 0.25) is 0 Å². The number of methoxy groups -OCH3 is 1. The number of nitrogens with two attached hydrogens (primary N) is 1. The summed E-state index contributed by atoms with van der Waals surface area (Å²) in [7, 11) is 1.45. The van der Waals surface area contributed by atoms with Crippen LogP contribution in [0, 0.1) is 6.92 Å². The van der Waals surface area contributed by atoms with E-state index in [2.05, 4.69) is 5.32 Å². The van der Waals surface area contributed by atoms with Gasteiger partial charge in [-0.15, -0.1) is 0 Å². The Morgan fingerprint density at radius 2 is 1.70 bits per heavy atom. The van der Waals surface area contributed by atoms with Gasteiger partial charge in [-0.3, -0.25) is 9.59 Å². The van der Waals surface area contributed by atoms with Crippen molar-refractivity contribution in [3.05, 3.63) is 77.9 Å². The maximum absolute atomic E-state index is 12.6. The Labute approximate surface area is 174 Å². The number of ether oxygens (including phenoxy) is 3. The van der Waals surface area contributed by atoms with E-state index in [9.17, 15) is 9.59 Å². The highest BCUT2D eigenvalue weighted by Gasteiger charge is 2.12. The molecule has 7 heteroatoms. The minimum absolute atomic E-state index is 0.279. The first-order valence-corrected chi connectivity index (χ1v) is 9.19. The maximum Gasteiger partial charge on any atom is 0.255 e. The second-order valence-electron chi connectivity index (χ2n) is 6.52. The Balaban J connectivity index is 1.66. The van der Waals surface area contributed by atoms with Crippen molar-refractivity contribution in [1.29, 1.82) is 0 Å². The van der Waals surface area contributed by atoms with Gasteiger partial charge in [-0.1, -0.05) is 12.1 Å². The predicted octanol–water partition coefficient (Wildman–Crippen LogP) is 3.91. The molecule has 30 heavy (non-hydrogen) atoms. The molecule has 0 radical (unpaired) electrons. The van der Waals surface area contributed by atoms with Gasteiger partial charge < -0.3 is 25.3 Å². The first-order chi connectivity index (χ1) is 14.4. The fourth-order valence-corrected chi connectivity index (χ4v) is 2.70. The third kappa shape index (κ3) is 5.51. The van der Waals surface area contributed by atoms with Gasteiger partial charge in [0, 0.05) is 11.3 Å². The second kappa shape index (κ2) is 9.47. The van der Waals surface area contributed by atoms with Crippen LogP contribution < -0.4 is 25.3 Å². The Kier molecular flexibility index (Phi) is 6.54. The third-order valence-electron chi connectivity index (χ3n) is 4.13. The normalized spacial score (nSPS) is 10.2. The van der Waals surface area contributed by atoms with Crippen molar-refractivity contribution in [2.75, 3.05) is 19.0 Å². The van der Waals surface area contributed by atoms with E-state index < -0.39 is 5.91 Å². The zero-order valence-corrected chi connectivity index (χ0v) is 16.7. The standard InChI is InChI=1S/C23H22N2O5/c1-15-4-3-5-19(12-15)30-18-9-7-17(8-10-18)25-23(27)16-6-11-20(21(13-16)28-2)29-14-22(24)26/h3-13H,14H2,1-2H3,(H2,24,26)(H,25,27). The van der Waals surface area contributed by atoms with E-state index >= 15 is 0 Å². The largest absolute Gasteiger partial charge is 0.493 e. The first-order valence-electron chi connectivity index (χ1n) is 9.19. The molecule has 0 aromatic heterocycles. The summed E-state index contributed by atoms with van der Waals surface area (Å²) in [4.78, 5) is 23.4. The lowest BCUT2D eigenvalue weighted by atomic mass is 10.1. The summed E-state index contributed by atoms with van der Waals surface area (Å²) in [6.07, 6.45) is 0. The average molecular weight is 406 g/mol. The van der Waals surface area contributed by atoms with Gasteiger partial charge in [-0.2, -0.15) is 0 Å². The van der Waals surface area contributed by atoms with Crippen molar-refractivity contribution in [3.63, 3.8) is 0 Å². The highest BCUT2D eigenvalue weighted by atomic mass is 16.5. The molecule has 0 spiro atoms. The van der Waals surface area contributed by atoms with E-state index in [1.165, 1.54) is 13.2 Å². The van der Waals surface area contributed by atoms with Crippen LogP contribution in [0.3, 0.4) is 0 Å². The lowest BCUT2D eigenvalue weighted by molar-refractivity contribution is -0.119. The Bertz CT molecular complexity index is 1050. The van der Waals surface area contributed by atoms with Crippen molar-refractivity contribution < 1.29 is 23.8 Å². The molecule has 0 fully saturated rings. The molecular weight excluding hydrogens is 384 g/mol. The highest BCUT2D eigenvalue weighted by molar-refractivity contribution is 6.04. The summed E-state index contributed by atoms with van der Waals surface area (Å²) >= 11 is 0. The summed E-state index contributed by atoms with van der Waals surface area (Å²) in [5.74, 6) is 1.14. The quantitative estimate of drug-likeness (QED) is 0.591. The molecule has 0 heterocycles. The molecule has 0 unspecified atom stereocenters. The van der Waals surface area contributed by atoms with Gasteiger partial charge in [0.15, 0.2) is 18.1 Å². The van der Waals surface area contributed by atoms with Gasteiger partial charge in [0.1, 0.15) is 11.5 Å². The third-order valence-corrected chi connectivity index (χ3v) is 4.13. The van der Waals surface area contributed by atoms with E-state index in [0.29, 0.717) is 28.5 Å². The average Bonchev–Trinajstić information content (AvgIpc) is 2.73. The topological polar surface area (TPSA) is 99.9 Å². The molecule has 154 valence electrons. The highest BCUT2D eigenvalue weighted by Crippen LogP contribution is 2.29. The van der Waals surface area contributed by atoms with Crippen molar-refractivity contribution in [2.45, 2.75) is 6.92 Å². The number of benzene rings is 3. The molecule has 3 aromatic rings. The van der Waals surface area contributed by atoms with Gasteiger partial charge in [0.2, 0.25) is 0 Å². The van der Waals surface area contributed by atoms with Crippen molar-refractivity contribution in [1.82, 2.24) is 0 Å². The summed E-state index contributed by atoms with van der Waals surface area (Å²) in [5.41, 5.74) is 7.18. The SMILES string of the molecule is COc1cc(C(=O)Nc2ccc(Oc3cccc(C)c3)cc2)ccc1OCC(N)=O. The number of amides is 2. The van der Waals surface area contributed by atoms with E-state index in [1.54, 1.807) is 36.4 Å². The van der Waals surface area contributed by atoms with Gasteiger partial charge in [0.25, 0.3) is 11.8 Å². The molecule has 3 rings (SSSR count). The number of rotatable bonds is 8. The monoisotopic (exact) mass is 406 g/mol. The van der Waals surface area contributed by atoms with Gasteiger partial charge in [-0.25, -0.2) is 0 Å². The number of primary amides is 1. The van der Waals surface area contributed by atoms with Crippen LogP contribution in [0.5, 0.6) is 23.0 Å². The lowest BCUT2D eigenvalue weighted by Gasteiger charge is -2.12. The lowest BCUT2D eigenvalue weighted by Crippen LogP contribution is -2.20. The van der Waals surface area contributed by atoms with Crippen molar-refractivity contribution >= 4 is 17.5 Å². The summed E-state index contributed by atoms with van der Waals surface area (Å²) in [6, 6.07) is 19.5. The smallest absolute Gasteiger partial charge is 0.255 e. The van der Waals surface area contributed by atoms with E-state index in [4.69, 9.17) is 19.9 Å². The van der Waals surface area contributed by atoms with E-state index in [0.717, 1.165) is 11.3 Å². The summed E-state index contributed by atoms with van der Waals surface area (Å²) in [5, 5.41) is 2.81. The van der Waals surface area contributed by atoms with E-state index in [1.807, 2.05) is 31.2 Å². The summed E-state index contributed by atoms with van der Waals surface area (Å²) in [6.45, 7) is 1.72. The number of hydrogen-bond donors (Lipinski definition) is 2. The van der Waals surface area contributed by atoms with Crippen LogP contribution in [-0.2, 0) is 4.79 Å². The molecule has 3 aromatic carbocycles. The zero-order chi connectivity index (χ0) is 21.5. The molecule has 0 atom stereocenters. The van der Waals surface area contributed by atoms with Gasteiger partial charge >= 0.3 is 0 Å². The number of aryl methyl sites for hydroxylation is 1. The Morgan fingerprint density at radius 1 is 0.933 bits per heavy atom. The van der Waals surface area contributed by atoms with Crippen LogP contribution in [0.25, 0.3) is 0 Å². The Hall–Kier alpha value is -4.00. The number of hydrogen-bond acceptors (Lipinski definition) is 5. The molecule has 0 saturated carbocycles. The summed E-state index contributed by atoms with van der Waals surface area (Å²) < 4.78 is 16.3. The molecule has 3 N–H and O–H groups in total. The fourth-order valence-electron chi connectivity index (χ4n) is 2.70. The van der Waals surface area contributed by atoms with Crippen molar-refractivity contribution in [3.8, 4) is 23.0 Å². The fraction of sp³-hybridized carbons (Fsp3) is 0.130. The van der Waals surface area contributed by atoms with Crippen molar-refractivity contribution in [2.24, 2.45) is 5.73 Å². The number of nitrogens with one attached hydrogen (secondary N) is 1. The van der Waals surface area contributed by atoms with Crippen LogP contribution >= 0.6 is 0 Å². The minimum atomic E-state index is -0.603. The van der Waals surface area contributed by atoms with Crippen LogP contribution in [-0.4, -0.2) is 25.5 Å². The number of carbonyl (C=O) groups excluding carboxylic acids is 2. The minimum Gasteiger partial charge on any atom is -0.493 e. The molecule has 0 aliphatic heterocycles. The predicted molar refractivity (Wildman–Crippen MR) is 113 cm³/mol. The first kappa shape index (κ1) is 20.7. The molecule has 0 aliphatic carbocycles. The molecule has 7 nitrogen and oxygen atoms in total. The number of anilines is 1. The maximum atomic E-state index is 12.6. The Morgan fingerprint density at radius 3 is 2.37 bits per heavy atom. The second-order valence-corrected chi connectivity index (χ2v) is 6.52. The van der Waals surface area contributed by atoms with Crippen LogP contribution in [0.4, 0.5) is 5.69 Å². The van der Waals surface area contributed by atoms with Crippen LogP contribution in [0.1, 0.15) is 15.9 Å². The molecule has 0 bridgehead atoms. The molecule has 0 saturated heterocycles. The molecule has 2 amide bonds. The zero-order valence-electron chi connectivity index (χ0n) is 16.7.